The third kappa shape index (κ3) is 3.85. The summed E-state index contributed by atoms with van der Waals surface area (Å²) in [6.45, 7) is 0.677. The fraction of sp³-hybridized carbons (Fsp3) is 0.316. The Morgan fingerprint density at radius 1 is 1.17 bits per heavy atom. The molecule has 0 unspecified atom stereocenters. The molecular formula is C19H21ClN2O. The zero-order chi connectivity index (χ0) is 16.3. The molecule has 0 aliphatic heterocycles. The number of carbonyl (C=O) groups is 1. The highest BCUT2D eigenvalue weighted by atomic mass is 35.5. The number of aryl methyl sites for hydroxylation is 1. The molecule has 0 saturated heterocycles. The van der Waals surface area contributed by atoms with Gasteiger partial charge in [-0.25, -0.2) is 0 Å². The van der Waals surface area contributed by atoms with E-state index in [4.69, 9.17) is 17.3 Å². The number of nitrogen functional groups attached to an aromatic ring is 1. The van der Waals surface area contributed by atoms with Crippen LogP contribution in [0.3, 0.4) is 0 Å². The molecule has 1 amide bonds. The monoisotopic (exact) mass is 328 g/mol. The number of nitrogens with two attached hydrogens (primary N) is 1. The van der Waals surface area contributed by atoms with Crippen LogP contribution in [0, 0.1) is 0 Å². The fourth-order valence-electron chi connectivity index (χ4n) is 2.90. The summed E-state index contributed by atoms with van der Waals surface area (Å²) in [6, 6.07) is 15.6. The van der Waals surface area contributed by atoms with Gasteiger partial charge in [0.1, 0.15) is 0 Å². The summed E-state index contributed by atoms with van der Waals surface area (Å²) < 4.78 is 0. The number of halogens is 1. The van der Waals surface area contributed by atoms with Crippen molar-refractivity contribution in [3.8, 4) is 0 Å². The van der Waals surface area contributed by atoms with Crippen LogP contribution < -0.4 is 11.1 Å². The molecule has 0 atom stereocenters. The van der Waals surface area contributed by atoms with Crippen LogP contribution in [0.1, 0.15) is 30.4 Å². The number of nitrogens with one attached hydrogen (secondary N) is 1. The van der Waals surface area contributed by atoms with Crippen LogP contribution in [0.15, 0.2) is 48.5 Å². The minimum Gasteiger partial charge on any atom is -0.399 e. The Hall–Kier alpha value is -2.00. The molecule has 0 bridgehead atoms. The third-order valence-corrected chi connectivity index (χ3v) is 4.83. The number of rotatable bonds is 6. The van der Waals surface area contributed by atoms with Crippen LogP contribution in [0.4, 0.5) is 5.69 Å². The Balaban J connectivity index is 1.52. The van der Waals surface area contributed by atoms with E-state index in [2.05, 4.69) is 11.4 Å². The van der Waals surface area contributed by atoms with E-state index in [-0.39, 0.29) is 11.3 Å². The first kappa shape index (κ1) is 15.9. The van der Waals surface area contributed by atoms with Crippen LogP contribution in [0.5, 0.6) is 0 Å². The van der Waals surface area contributed by atoms with Gasteiger partial charge in [-0.15, -0.1) is 0 Å². The number of hydrogen-bond acceptors (Lipinski definition) is 2. The first-order chi connectivity index (χ1) is 11.1. The fourth-order valence-corrected chi connectivity index (χ4v) is 3.09. The summed E-state index contributed by atoms with van der Waals surface area (Å²) in [5.74, 6) is 0.0709. The lowest BCUT2D eigenvalue weighted by Crippen LogP contribution is -2.32. The summed E-state index contributed by atoms with van der Waals surface area (Å²) in [4.78, 5) is 12.1. The minimum atomic E-state index is 0.0709. The molecule has 1 aliphatic carbocycles. The molecule has 2 aromatic rings. The van der Waals surface area contributed by atoms with Crippen molar-refractivity contribution in [3.05, 3.63) is 64.7 Å². The summed E-state index contributed by atoms with van der Waals surface area (Å²) in [5, 5.41) is 3.82. The number of amides is 1. The molecule has 2 aromatic carbocycles. The van der Waals surface area contributed by atoms with Gasteiger partial charge in [-0.05, 0) is 48.6 Å². The van der Waals surface area contributed by atoms with E-state index in [0.717, 1.165) is 29.1 Å². The van der Waals surface area contributed by atoms with Gasteiger partial charge in [-0.1, -0.05) is 41.9 Å². The van der Waals surface area contributed by atoms with Crippen molar-refractivity contribution in [2.24, 2.45) is 0 Å². The Morgan fingerprint density at radius 3 is 2.65 bits per heavy atom. The van der Waals surface area contributed by atoms with Crippen molar-refractivity contribution in [1.82, 2.24) is 5.32 Å². The topological polar surface area (TPSA) is 55.1 Å². The van der Waals surface area contributed by atoms with E-state index < -0.39 is 0 Å². The summed E-state index contributed by atoms with van der Waals surface area (Å²) in [7, 11) is 0. The lowest BCUT2D eigenvalue weighted by atomic mass is 9.96. The van der Waals surface area contributed by atoms with Gasteiger partial charge >= 0.3 is 0 Å². The predicted molar refractivity (Wildman–Crippen MR) is 94.5 cm³/mol. The minimum absolute atomic E-state index is 0.0709. The van der Waals surface area contributed by atoms with E-state index in [1.54, 1.807) is 0 Å². The number of para-hydroxylation sites is 1. The first-order valence-electron chi connectivity index (χ1n) is 7.95. The average molecular weight is 329 g/mol. The molecule has 0 aromatic heterocycles. The highest BCUT2D eigenvalue weighted by Gasteiger charge is 2.44. The second-order valence-corrected chi connectivity index (χ2v) is 6.70. The maximum atomic E-state index is 12.1. The molecule has 120 valence electrons. The first-order valence-corrected chi connectivity index (χ1v) is 8.33. The zero-order valence-corrected chi connectivity index (χ0v) is 13.8. The molecule has 23 heavy (non-hydrogen) atoms. The molecule has 3 nitrogen and oxygen atoms in total. The third-order valence-electron chi connectivity index (χ3n) is 4.59. The molecule has 1 fully saturated rings. The van der Waals surface area contributed by atoms with Gasteiger partial charge in [-0.3, -0.25) is 4.79 Å². The normalized spacial score (nSPS) is 15.2. The zero-order valence-electron chi connectivity index (χ0n) is 13.0. The Morgan fingerprint density at radius 2 is 1.96 bits per heavy atom. The summed E-state index contributed by atoms with van der Waals surface area (Å²) in [5.41, 5.74) is 8.98. The van der Waals surface area contributed by atoms with E-state index >= 15 is 0 Å². The van der Waals surface area contributed by atoms with Gasteiger partial charge in [0.25, 0.3) is 0 Å². The maximum absolute atomic E-state index is 12.1. The molecule has 0 radical (unpaired) electrons. The van der Waals surface area contributed by atoms with Gasteiger partial charge in [-0.2, -0.15) is 0 Å². The van der Waals surface area contributed by atoms with Gasteiger partial charge in [0.15, 0.2) is 0 Å². The van der Waals surface area contributed by atoms with Gasteiger partial charge in [0, 0.05) is 29.1 Å². The van der Waals surface area contributed by atoms with Crippen LogP contribution in [-0.4, -0.2) is 12.5 Å². The number of hydrogen-bond donors (Lipinski definition) is 2. The number of anilines is 1. The summed E-state index contributed by atoms with van der Waals surface area (Å²) >= 11 is 6.07. The van der Waals surface area contributed by atoms with Gasteiger partial charge in [0.2, 0.25) is 5.91 Å². The molecule has 0 heterocycles. The molecule has 3 N–H and O–H groups in total. The van der Waals surface area contributed by atoms with E-state index in [1.165, 1.54) is 5.56 Å². The molecule has 3 rings (SSSR count). The second kappa shape index (κ2) is 6.63. The van der Waals surface area contributed by atoms with Crippen molar-refractivity contribution in [2.75, 3.05) is 12.3 Å². The van der Waals surface area contributed by atoms with Crippen molar-refractivity contribution in [2.45, 2.75) is 31.1 Å². The highest BCUT2D eigenvalue weighted by Crippen LogP contribution is 2.48. The molecule has 1 aliphatic rings. The highest BCUT2D eigenvalue weighted by molar-refractivity contribution is 6.30. The van der Waals surface area contributed by atoms with Crippen molar-refractivity contribution < 1.29 is 4.79 Å². The SMILES string of the molecule is Nc1ccccc1CCC(=O)NCC1(c2cccc(Cl)c2)CC1. The Labute approximate surface area is 141 Å². The molecule has 1 saturated carbocycles. The van der Waals surface area contributed by atoms with Crippen molar-refractivity contribution in [1.29, 1.82) is 0 Å². The quantitative estimate of drug-likeness (QED) is 0.794. The predicted octanol–water partition coefficient (Wildman–Crippen LogP) is 3.70. The molecular weight excluding hydrogens is 308 g/mol. The van der Waals surface area contributed by atoms with Crippen molar-refractivity contribution >= 4 is 23.2 Å². The average Bonchev–Trinajstić information content (AvgIpc) is 3.33. The van der Waals surface area contributed by atoms with Gasteiger partial charge < -0.3 is 11.1 Å². The smallest absolute Gasteiger partial charge is 0.220 e. The van der Waals surface area contributed by atoms with E-state index in [0.29, 0.717) is 19.4 Å². The molecule has 4 heteroatoms. The van der Waals surface area contributed by atoms with E-state index in [1.807, 2.05) is 42.5 Å². The number of benzene rings is 2. The largest absolute Gasteiger partial charge is 0.399 e. The maximum Gasteiger partial charge on any atom is 0.220 e. The van der Waals surface area contributed by atoms with Crippen LogP contribution in [0.25, 0.3) is 0 Å². The standard InChI is InChI=1S/C19H21ClN2O/c20-16-6-3-5-15(12-16)19(10-11-19)13-22-18(23)9-8-14-4-1-2-7-17(14)21/h1-7,12H,8-11,13,21H2,(H,22,23). The molecule has 0 spiro atoms. The van der Waals surface area contributed by atoms with E-state index in [9.17, 15) is 4.79 Å². The van der Waals surface area contributed by atoms with Crippen LogP contribution in [0.2, 0.25) is 5.02 Å². The lowest BCUT2D eigenvalue weighted by Gasteiger charge is -2.17. The second-order valence-electron chi connectivity index (χ2n) is 6.27. The van der Waals surface area contributed by atoms with Crippen LogP contribution in [-0.2, 0) is 16.6 Å². The Kier molecular flexibility index (Phi) is 4.58. The number of carbonyl (C=O) groups excluding carboxylic acids is 1. The summed E-state index contributed by atoms with van der Waals surface area (Å²) in [6.07, 6.45) is 3.32. The van der Waals surface area contributed by atoms with Crippen molar-refractivity contribution in [3.63, 3.8) is 0 Å². The lowest BCUT2D eigenvalue weighted by molar-refractivity contribution is -0.121. The Bertz CT molecular complexity index is 710. The van der Waals surface area contributed by atoms with Gasteiger partial charge in [0.05, 0.1) is 0 Å². The van der Waals surface area contributed by atoms with Crippen LogP contribution >= 0.6 is 11.6 Å².